The van der Waals surface area contributed by atoms with Gasteiger partial charge >= 0.3 is 18.2 Å². The highest BCUT2D eigenvalue weighted by Crippen LogP contribution is 1.97. The van der Waals surface area contributed by atoms with Gasteiger partial charge in [0.15, 0.2) is 0 Å². The first-order valence-electron chi connectivity index (χ1n) is 6.79. The molecule has 0 atom stereocenters. The number of hydrogen-bond acceptors (Lipinski definition) is 9. The average Bonchev–Trinajstić information content (AvgIpc) is 2.56. The van der Waals surface area contributed by atoms with Crippen LogP contribution in [0.25, 0.3) is 0 Å². The summed E-state index contributed by atoms with van der Waals surface area (Å²) in [7, 11) is 0. The van der Waals surface area contributed by atoms with Crippen LogP contribution >= 0.6 is 0 Å². The molecule has 1 N–H and O–H groups in total. The Kier molecular flexibility index (Phi) is 9.17. The van der Waals surface area contributed by atoms with Crippen LogP contribution in [0, 0.1) is 0 Å². The number of alkyl carbamates (subject to hydrolysis) is 1. The maximum Gasteiger partial charge on any atom is 0.508 e. The number of esters is 1. The predicted molar refractivity (Wildman–Crippen MR) is 73.5 cm³/mol. The maximum atomic E-state index is 11.4. The number of rotatable bonds is 8. The quantitative estimate of drug-likeness (QED) is 0.282. The van der Waals surface area contributed by atoms with Crippen LogP contribution in [0.3, 0.4) is 0 Å². The summed E-state index contributed by atoms with van der Waals surface area (Å²) in [5, 5.41) is 2.53. The van der Waals surface area contributed by atoms with Crippen LogP contribution in [-0.4, -0.2) is 70.7 Å². The third-order valence-corrected chi connectivity index (χ3v) is 2.38. The zero-order chi connectivity index (χ0) is 16.9. The fourth-order valence-electron chi connectivity index (χ4n) is 1.41. The number of nitrogens with one attached hydrogen (secondary N) is 1. The van der Waals surface area contributed by atoms with Crippen molar-refractivity contribution in [3.63, 3.8) is 0 Å². The van der Waals surface area contributed by atoms with Crippen LogP contribution in [0.15, 0.2) is 12.7 Å². The third-order valence-electron chi connectivity index (χ3n) is 2.38. The van der Waals surface area contributed by atoms with Crippen LogP contribution in [-0.2, 0) is 33.2 Å². The Morgan fingerprint density at radius 3 is 2.17 bits per heavy atom. The molecule has 0 aromatic carbocycles. The maximum absolute atomic E-state index is 11.4. The number of amides is 1. The van der Waals surface area contributed by atoms with E-state index in [4.69, 9.17) is 14.2 Å². The van der Waals surface area contributed by atoms with Gasteiger partial charge in [0.05, 0.1) is 19.3 Å². The molecule has 0 aromatic heterocycles. The standard InChI is InChI=1S/C13H19NO9/c1-2-11(15)20-3-5-22-13(17)23-6-4-21-12(16)14-10-7-18-9-19-8-10/h2,10H,1,3-9H2,(H,14,16). The molecule has 0 saturated carbocycles. The Hall–Kier alpha value is -2.33. The summed E-state index contributed by atoms with van der Waals surface area (Å²) < 4.78 is 28.6. The zero-order valence-corrected chi connectivity index (χ0v) is 12.5. The van der Waals surface area contributed by atoms with Gasteiger partial charge in [-0.15, -0.1) is 0 Å². The molecule has 1 aliphatic rings. The summed E-state index contributed by atoms with van der Waals surface area (Å²) in [6.45, 7) is 3.53. The lowest BCUT2D eigenvalue weighted by Gasteiger charge is -2.22. The van der Waals surface area contributed by atoms with Gasteiger partial charge in [-0.05, 0) is 0 Å². The zero-order valence-electron chi connectivity index (χ0n) is 12.5. The van der Waals surface area contributed by atoms with Gasteiger partial charge in [-0.3, -0.25) is 0 Å². The SMILES string of the molecule is C=CC(=O)OCCOC(=O)OCCOC(=O)NC1COCOC1. The first-order valence-corrected chi connectivity index (χ1v) is 6.79. The van der Waals surface area contributed by atoms with E-state index >= 15 is 0 Å². The summed E-state index contributed by atoms with van der Waals surface area (Å²) in [4.78, 5) is 33.2. The monoisotopic (exact) mass is 333 g/mol. The van der Waals surface area contributed by atoms with Crippen molar-refractivity contribution in [1.82, 2.24) is 5.32 Å². The van der Waals surface area contributed by atoms with Gasteiger partial charge in [0.2, 0.25) is 0 Å². The number of carbonyl (C=O) groups is 3. The topological polar surface area (TPSA) is 119 Å². The molecule has 0 aliphatic carbocycles. The average molecular weight is 333 g/mol. The number of ether oxygens (including phenoxy) is 6. The highest BCUT2D eigenvalue weighted by molar-refractivity contribution is 5.81. The van der Waals surface area contributed by atoms with Gasteiger partial charge in [-0.25, -0.2) is 14.4 Å². The van der Waals surface area contributed by atoms with Crippen LogP contribution < -0.4 is 5.32 Å². The van der Waals surface area contributed by atoms with Gasteiger partial charge in [-0.1, -0.05) is 6.58 Å². The van der Waals surface area contributed by atoms with Crippen molar-refractivity contribution in [2.24, 2.45) is 0 Å². The summed E-state index contributed by atoms with van der Waals surface area (Å²) in [6.07, 6.45) is -0.637. The van der Waals surface area contributed by atoms with Gasteiger partial charge in [-0.2, -0.15) is 0 Å². The first kappa shape index (κ1) is 18.7. The first-order chi connectivity index (χ1) is 11.1. The Morgan fingerprint density at radius 2 is 1.57 bits per heavy atom. The molecule has 10 heteroatoms. The van der Waals surface area contributed by atoms with Gasteiger partial charge in [0, 0.05) is 6.08 Å². The smallest absolute Gasteiger partial charge is 0.459 e. The Balaban J connectivity index is 1.96. The minimum absolute atomic E-state index is 0.107. The predicted octanol–water partition coefficient (Wildman–Crippen LogP) is -0.0321. The lowest BCUT2D eigenvalue weighted by molar-refractivity contribution is -0.139. The Morgan fingerprint density at radius 1 is 1.00 bits per heavy atom. The minimum atomic E-state index is -0.960. The number of hydrogen-bond donors (Lipinski definition) is 1. The summed E-state index contributed by atoms with van der Waals surface area (Å²) >= 11 is 0. The van der Waals surface area contributed by atoms with Gasteiger partial charge in [0.25, 0.3) is 0 Å². The Labute approximate surface area is 132 Å². The highest BCUT2D eigenvalue weighted by Gasteiger charge is 2.17. The van der Waals surface area contributed by atoms with Gasteiger partial charge < -0.3 is 33.7 Å². The van der Waals surface area contributed by atoms with Crippen molar-refractivity contribution < 1.29 is 42.8 Å². The molecule has 1 fully saturated rings. The van der Waals surface area contributed by atoms with E-state index in [1.54, 1.807) is 0 Å². The van der Waals surface area contributed by atoms with E-state index in [0.29, 0.717) is 13.2 Å². The van der Waals surface area contributed by atoms with Crippen LogP contribution in [0.1, 0.15) is 0 Å². The van der Waals surface area contributed by atoms with Crippen molar-refractivity contribution in [2.45, 2.75) is 6.04 Å². The van der Waals surface area contributed by atoms with E-state index in [1.165, 1.54) is 0 Å². The molecule has 1 amide bonds. The fraction of sp³-hybridized carbons (Fsp3) is 0.615. The van der Waals surface area contributed by atoms with Crippen LogP contribution in [0.2, 0.25) is 0 Å². The minimum Gasteiger partial charge on any atom is -0.459 e. The van der Waals surface area contributed by atoms with Crippen molar-refractivity contribution in [1.29, 1.82) is 0 Å². The van der Waals surface area contributed by atoms with E-state index in [0.717, 1.165) is 6.08 Å². The third kappa shape index (κ3) is 9.32. The molecule has 23 heavy (non-hydrogen) atoms. The molecular weight excluding hydrogens is 314 g/mol. The molecule has 1 aliphatic heterocycles. The molecule has 1 saturated heterocycles. The van der Waals surface area contributed by atoms with E-state index in [-0.39, 0.29) is 39.3 Å². The number of carbonyl (C=O) groups excluding carboxylic acids is 3. The molecule has 0 radical (unpaired) electrons. The summed E-state index contributed by atoms with van der Waals surface area (Å²) in [5.41, 5.74) is 0. The second-order valence-corrected chi connectivity index (χ2v) is 4.16. The molecular formula is C13H19NO9. The molecule has 0 aromatic rings. The second kappa shape index (κ2) is 11.3. The van der Waals surface area contributed by atoms with Crippen molar-refractivity contribution in [3.05, 3.63) is 12.7 Å². The largest absolute Gasteiger partial charge is 0.508 e. The van der Waals surface area contributed by atoms with E-state index in [2.05, 4.69) is 26.1 Å². The van der Waals surface area contributed by atoms with E-state index in [1.807, 2.05) is 0 Å². The highest BCUT2D eigenvalue weighted by atomic mass is 16.7. The normalized spacial score (nSPS) is 14.4. The fourth-order valence-corrected chi connectivity index (χ4v) is 1.41. The molecule has 10 nitrogen and oxygen atoms in total. The van der Waals surface area contributed by atoms with Gasteiger partial charge in [0.1, 0.15) is 33.2 Å². The molecule has 0 bridgehead atoms. The second-order valence-electron chi connectivity index (χ2n) is 4.16. The van der Waals surface area contributed by atoms with Crippen molar-refractivity contribution in [3.8, 4) is 0 Å². The molecule has 0 unspecified atom stereocenters. The van der Waals surface area contributed by atoms with Crippen molar-refractivity contribution >= 4 is 18.2 Å². The summed E-state index contributed by atoms with van der Waals surface area (Å²) in [5.74, 6) is -0.616. The van der Waals surface area contributed by atoms with E-state index in [9.17, 15) is 14.4 Å². The van der Waals surface area contributed by atoms with Crippen molar-refractivity contribution in [2.75, 3.05) is 46.4 Å². The molecule has 1 heterocycles. The Bertz CT molecular complexity index is 406. The lowest BCUT2D eigenvalue weighted by Crippen LogP contribution is -2.44. The van der Waals surface area contributed by atoms with Crippen LogP contribution in [0.4, 0.5) is 9.59 Å². The molecule has 130 valence electrons. The summed E-state index contributed by atoms with van der Waals surface area (Å²) in [6, 6.07) is -0.277. The molecule has 0 spiro atoms. The molecule has 1 rings (SSSR count). The lowest BCUT2D eigenvalue weighted by atomic mass is 10.3. The van der Waals surface area contributed by atoms with E-state index < -0.39 is 18.2 Å². The van der Waals surface area contributed by atoms with Crippen LogP contribution in [0.5, 0.6) is 0 Å².